The first-order valence-corrected chi connectivity index (χ1v) is 10.5. The Labute approximate surface area is 163 Å². The van der Waals surface area contributed by atoms with Gasteiger partial charge in [0, 0.05) is 30.7 Å². The van der Waals surface area contributed by atoms with E-state index >= 15 is 0 Å². The van der Waals surface area contributed by atoms with E-state index in [1.807, 2.05) is 19.1 Å². The number of aromatic nitrogens is 1. The summed E-state index contributed by atoms with van der Waals surface area (Å²) in [6.07, 6.45) is 0.786. The van der Waals surface area contributed by atoms with Gasteiger partial charge < -0.3 is 9.47 Å². The number of nitrogens with zero attached hydrogens (tertiary/aromatic N) is 1. The van der Waals surface area contributed by atoms with Gasteiger partial charge in [-0.1, -0.05) is 35.9 Å². The fourth-order valence-corrected chi connectivity index (χ4v) is 4.91. The lowest BCUT2D eigenvalue weighted by Gasteiger charge is -2.28. The maximum atomic E-state index is 13.3. The van der Waals surface area contributed by atoms with E-state index in [9.17, 15) is 13.2 Å². The molecule has 2 aromatic carbocycles. The third-order valence-electron chi connectivity index (χ3n) is 5.02. The van der Waals surface area contributed by atoms with Gasteiger partial charge in [-0.3, -0.25) is 4.79 Å². The molecule has 1 fully saturated rings. The van der Waals surface area contributed by atoms with Crippen LogP contribution in [0.2, 0.25) is 0 Å². The molecule has 0 amide bonds. The molecular weight excluding hydrogens is 378 g/mol. The molecule has 0 saturated carbocycles. The monoisotopic (exact) mass is 399 g/mol. The van der Waals surface area contributed by atoms with Crippen LogP contribution in [-0.2, 0) is 24.3 Å². The number of benzene rings is 2. The first-order chi connectivity index (χ1) is 13.4. The zero-order chi connectivity index (χ0) is 19.9. The molecule has 0 bridgehead atoms. The number of methoxy groups -OCH3 is 1. The molecule has 0 spiro atoms. The molecule has 1 aromatic heterocycles. The quantitative estimate of drug-likeness (QED) is 0.670. The van der Waals surface area contributed by atoms with Crippen molar-refractivity contribution in [2.75, 3.05) is 7.11 Å². The number of Topliss-reactive ketones (excluding diaryl/α,β-unsaturated/α-hetero) is 1. The van der Waals surface area contributed by atoms with Gasteiger partial charge in [0.1, 0.15) is 5.78 Å². The number of ketones is 1. The third-order valence-corrected chi connectivity index (χ3v) is 6.71. The van der Waals surface area contributed by atoms with E-state index in [1.54, 1.807) is 42.6 Å². The van der Waals surface area contributed by atoms with Gasteiger partial charge in [0.05, 0.1) is 22.9 Å². The SMILES string of the molecule is COC1CC(=O)CC(c2cn(S(=O)(=O)c3ccc(C)cc3)c3ccccc23)O1. The van der Waals surface area contributed by atoms with Crippen LogP contribution >= 0.6 is 0 Å². The van der Waals surface area contributed by atoms with Crippen LogP contribution in [0.4, 0.5) is 0 Å². The first-order valence-electron chi connectivity index (χ1n) is 9.02. The van der Waals surface area contributed by atoms with Gasteiger partial charge in [-0.05, 0) is 25.1 Å². The van der Waals surface area contributed by atoms with Crippen molar-refractivity contribution in [2.45, 2.75) is 37.1 Å². The molecule has 4 rings (SSSR count). The Morgan fingerprint density at radius 1 is 1.07 bits per heavy atom. The second kappa shape index (κ2) is 7.16. The molecule has 28 heavy (non-hydrogen) atoms. The van der Waals surface area contributed by atoms with Crippen LogP contribution < -0.4 is 0 Å². The Bertz CT molecular complexity index is 1130. The van der Waals surface area contributed by atoms with Gasteiger partial charge in [-0.15, -0.1) is 0 Å². The molecule has 146 valence electrons. The Balaban J connectivity index is 1.85. The van der Waals surface area contributed by atoms with Crippen molar-refractivity contribution in [2.24, 2.45) is 0 Å². The lowest BCUT2D eigenvalue weighted by Crippen LogP contribution is -2.29. The highest BCUT2D eigenvalue weighted by Crippen LogP contribution is 2.36. The second-order valence-corrected chi connectivity index (χ2v) is 8.77. The van der Waals surface area contributed by atoms with Crippen molar-refractivity contribution >= 4 is 26.7 Å². The first kappa shape index (κ1) is 18.9. The van der Waals surface area contributed by atoms with E-state index in [1.165, 1.54) is 11.1 Å². The van der Waals surface area contributed by atoms with Crippen molar-refractivity contribution in [1.29, 1.82) is 0 Å². The minimum absolute atomic E-state index is 0.0290. The molecular formula is C21H21NO5S. The van der Waals surface area contributed by atoms with E-state index in [2.05, 4.69) is 0 Å². The van der Waals surface area contributed by atoms with Gasteiger partial charge in [0.2, 0.25) is 0 Å². The Morgan fingerprint density at radius 3 is 2.50 bits per heavy atom. The normalized spacial score (nSPS) is 20.6. The summed E-state index contributed by atoms with van der Waals surface area (Å²) in [5.74, 6) is 0.0290. The van der Waals surface area contributed by atoms with Crippen LogP contribution in [0.1, 0.15) is 30.1 Å². The Morgan fingerprint density at radius 2 is 1.79 bits per heavy atom. The largest absolute Gasteiger partial charge is 0.355 e. The van der Waals surface area contributed by atoms with Crippen molar-refractivity contribution < 1.29 is 22.7 Å². The van der Waals surface area contributed by atoms with E-state index in [0.29, 0.717) is 11.1 Å². The number of carbonyl (C=O) groups excluding carboxylic acids is 1. The molecule has 7 heteroatoms. The maximum absolute atomic E-state index is 13.3. The summed E-state index contributed by atoms with van der Waals surface area (Å²) in [7, 11) is -2.30. The molecule has 0 aliphatic carbocycles. The summed E-state index contributed by atoms with van der Waals surface area (Å²) in [6.45, 7) is 1.91. The van der Waals surface area contributed by atoms with Gasteiger partial charge in [-0.25, -0.2) is 12.4 Å². The van der Waals surface area contributed by atoms with Crippen molar-refractivity contribution in [3.63, 3.8) is 0 Å². The zero-order valence-electron chi connectivity index (χ0n) is 15.7. The number of para-hydroxylation sites is 1. The summed E-state index contributed by atoms with van der Waals surface area (Å²) in [6, 6.07) is 14.0. The highest BCUT2D eigenvalue weighted by Gasteiger charge is 2.32. The van der Waals surface area contributed by atoms with Gasteiger partial charge >= 0.3 is 0 Å². The van der Waals surface area contributed by atoms with Gasteiger partial charge in [0.15, 0.2) is 6.29 Å². The number of hydrogen-bond donors (Lipinski definition) is 0. The third kappa shape index (κ3) is 3.26. The molecule has 3 aromatic rings. The average Bonchev–Trinajstić information content (AvgIpc) is 3.08. The summed E-state index contributed by atoms with van der Waals surface area (Å²) in [4.78, 5) is 12.3. The second-order valence-electron chi connectivity index (χ2n) is 6.95. The topological polar surface area (TPSA) is 74.6 Å². The molecule has 0 N–H and O–H groups in total. The molecule has 2 unspecified atom stereocenters. The van der Waals surface area contributed by atoms with Crippen LogP contribution in [0, 0.1) is 6.92 Å². The average molecular weight is 399 g/mol. The standard InChI is InChI=1S/C21H21NO5S/c1-14-7-9-16(10-8-14)28(24,25)22-13-18(17-5-3-4-6-19(17)22)20-11-15(23)12-21(26-2)27-20/h3-10,13,20-21H,11-12H2,1-2H3. The lowest BCUT2D eigenvalue weighted by atomic mass is 9.99. The predicted molar refractivity (Wildman–Crippen MR) is 105 cm³/mol. The van der Waals surface area contributed by atoms with Crippen molar-refractivity contribution in [1.82, 2.24) is 3.97 Å². The van der Waals surface area contributed by atoms with Gasteiger partial charge in [-0.2, -0.15) is 0 Å². The molecule has 2 atom stereocenters. The van der Waals surface area contributed by atoms with Crippen LogP contribution in [-0.4, -0.2) is 31.6 Å². The number of carbonyl (C=O) groups is 1. The van der Waals surface area contributed by atoms with E-state index in [4.69, 9.17) is 9.47 Å². The fraction of sp³-hybridized carbons (Fsp3) is 0.286. The summed E-state index contributed by atoms with van der Waals surface area (Å²) in [5.41, 5.74) is 2.20. The van der Waals surface area contributed by atoms with E-state index < -0.39 is 22.4 Å². The van der Waals surface area contributed by atoms with Crippen molar-refractivity contribution in [3.8, 4) is 0 Å². The molecule has 1 saturated heterocycles. The minimum atomic E-state index is -3.79. The zero-order valence-corrected chi connectivity index (χ0v) is 16.5. The Hall–Kier alpha value is -2.48. The highest BCUT2D eigenvalue weighted by atomic mass is 32.2. The number of hydrogen-bond acceptors (Lipinski definition) is 5. The molecule has 6 nitrogen and oxygen atoms in total. The van der Waals surface area contributed by atoms with Crippen molar-refractivity contribution in [3.05, 3.63) is 65.9 Å². The van der Waals surface area contributed by atoms with Crippen LogP contribution in [0.5, 0.6) is 0 Å². The fourth-order valence-electron chi connectivity index (χ4n) is 3.53. The van der Waals surface area contributed by atoms with E-state index in [0.717, 1.165) is 10.9 Å². The summed E-state index contributed by atoms with van der Waals surface area (Å²) in [5, 5.41) is 0.743. The predicted octanol–water partition coefficient (Wildman–Crippen LogP) is 3.58. The summed E-state index contributed by atoms with van der Waals surface area (Å²) < 4.78 is 38.9. The summed E-state index contributed by atoms with van der Waals surface area (Å²) >= 11 is 0. The van der Waals surface area contributed by atoms with E-state index in [-0.39, 0.29) is 23.5 Å². The maximum Gasteiger partial charge on any atom is 0.268 e. The van der Waals surface area contributed by atoms with Gasteiger partial charge in [0.25, 0.3) is 10.0 Å². The highest BCUT2D eigenvalue weighted by molar-refractivity contribution is 7.90. The minimum Gasteiger partial charge on any atom is -0.355 e. The molecule has 0 radical (unpaired) electrons. The van der Waals surface area contributed by atoms with Crippen LogP contribution in [0.25, 0.3) is 10.9 Å². The molecule has 1 aliphatic heterocycles. The number of aryl methyl sites for hydroxylation is 1. The molecule has 2 heterocycles. The lowest BCUT2D eigenvalue weighted by molar-refractivity contribution is -0.185. The Kier molecular flexibility index (Phi) is 4.82. The smallest absolute Gasteiger partial charge is 0.268 e. The molecule has 1 aliphatic rings. The number of ether oxygens (including phenoxy) is 2. The number of rotatable bonds is 4. The van der Waals surface area contributed by atoms with Crippen LogP contribution in [0.15, 0.2) is 59.6 Å². The van der Waals surface area contributed by atoms with Crippen LogP contribution in [0.3, 0.4) is 0 Å². The number of fused-ring (bicyclic) bond motifs is 1.